The van der Waals surface area contributed by atoms with E-state index in [2.05, 4.69) is 17.0 Å². The third-order valence-electron chi connectivity index (χ3n) is 2.15. The molecule has 1 N–H and O–H groups in total. The molecule has 0 unspecified atom stereocenters. The number of hydrogen-bond donors (Lipinski definition) is 1. The number of aliphatic hydroxyl groups is 1. The van der Waals surface area contributed by atoms with E-state index < -0.39 is 0 Å². The van der Waals surface area contributed by atoms with E-state index in [-0.39, 0.29) is 6.61 Å². The number of thiazole rings is 1. The molecule has 0 saturated carbocycles. The van der Waals surface area contributed by atoms with Gasteiger partial charge in [-0.3, -0.25) is 4.68 Å². The zero-order valence-corrected chi connectivity index (χ0v) is 9.58. The highest BCUT2D eigenvalue weighted by molar-refractivity contribution is 7.09. The fourth-order valence-corrected chi connectivity index (χ4v) is 2.14. The molecule has 2 aromatic heterocycles. The van der Waals surface area contributed by atoms with Gasteiger partial charge < -0.3 is 5.11 Å². The Labute approximate surface area is 92.2 Å². The summed E-state index contributed by atoms with van der Waals surface area (Å²) in [6.07, 6.45) is 0. The first-order valence-corrected chi connectivity index (χ1v) is 5.72. The van der Waals surface area contributed by atoms with Gasteiger partial charge >= 0.3 is 0 Å². The topological polar surface area (TPSA) is 50.9 Å². The molecule has 4 nitrogen and oxygen atoms in total. The minimum absolute atomic E-state index is 0.00388. The Morgan fingerprint density at radius 3 is 2.93 bits per heavy atom. The van der Waals surface area contributed by atoms with Gasteiger partial charge in [0.05, 0.1) is 23.7 Å². The van der Waals surface area contributed by atoms with Crippen LogP contribution in [0.25, 0.3) is 11.4 Å². The van der Waals surface area contributed by atoms with E-state index in [1.807, 2.05) is 23.1 Å². The average molecular weight is 223 g/mol. The first-order chi connectivity index (χ1) is 7.24. The maximum atomic E-state index is 8.96. The third kappa shape index (κ3) is 1.93. The smallest absolute Gasteiger partial charge is 0.119 e. The quantitative estimate of drug-likeness (QED) is 0.863. The van der Waals surface area contributed by atoms with Gasteiger partial charge in [0.25, 0.3) is 0 Å². The lowest BCUT2D eigenvalue weighted by Crippen LogP contribution is -1.99. The average Bonchev–Trinajstić information content (AvgIpc) is 2.82. The molecule has 0 fully saturated rings. The molecule has 0 atom stereocenters. The van der Waals surface area contributed by atoms with Crippen LogP contribution in [0.1, 0.15) is 17.6 Å². The molecule has 15 heavy (non-hydrogen) atoms. The van der Waals surface area contributed by atoms with Crippen LogP contribution in [0.4, 0.5) is 0 Å². The predicted octanol–water partition coefficient (Wildman–Crippen LogP) is 1.83. The molecule has 0 bridgehead atoms. The summed E-state index contributed by atoms with van der Waals surface area (Å²) in [6, 6.07) is 2.01. The fraction of sp³-hybridized carbons (Fsp3) is 0.400. The first-order valence-electron chi connectivity index (χ1n) is 4.84. The Morgan fingerprint density at radius 2 is 2.33 bits per heavy atom. The molecule has 0 saturated heterocycles. The van der Waals surface area contributed by atoms with E-state index in [1.165, 1.54) is 11.3 Å². The molecular formula is C10H13N3OS. The molecule has 5 heteroatoms. The van der Waals surface area contributed by atoms with E-state index in [0.717, 1.165) is 28.6 Å². The van der Waals surface area contributed by atoms with Gasteiger partial charge in [0.15, 0.2) is 0 Å². The van der Waals surface area contributed by atoms with Crippen LogP contribution in [0.3, 0.4) is 0 Å². The highest BCUT2D eigenvalue weighted by Crippen LogP contribution is 2.22. The summed E-state index contributed by atoms with van der Waals surface area (Å²) in [5.41, 5.74) is 2.91. The number of aliphatic hydroxyl groups excluding tert-OH is 1. The maximum Gasteiger partial charge on any atom is 0.119 e. The largest absolute Gasteiger partial charge is 0.389 e. The lowest BCUT2D eigenvalue weighted by atomic mass is 10.3. The van der Waals surface area contributed by atoms with Crippen LogP contribution in [0.2, 0.25) is 0 Å². The van der Waals surface area contributed by atoms with Crippen molar-refractivity contribution in [2.24, 2.45) is 0 Å². The van der Waals surface area contributed by atoms with Gasteiger partial charge in [0.1, 0.15) is 5.01 Å². The van der Waals surface area contributed by atoms with Crippen molar-refractivity contribution in [3.05, 3.63) is 22.1 Å². The van der Waals surface area contributed by atoms with E-state index >= 15 is 0 Å². The van der Waals surface area contributed by atoms with Gasteiger partial charge in [-0.25, -0.2) is 4.98 Å². The first kappa shape index (κ1) is 10.3. The van der Waals surface area contributed by atoms with Crippen LogP contribution in [0.15, 0.2) is 11.4 Å². The molecular weight excluding hydrogens is 210 g/mol. The van der Waals surface area contributed by atoms with E-state index in [4.69, 9.17) is 5.11 Å². The number of hydrogen-bond acceptors (Lipinski definition) is 4. The summed E-state index contributed by atoms with van der Waals surface area (Å²) in [5.74, 6) is 0. The van der Waals surface area contributed by atoms with Crippen LogP contribution in [0, 0.1) is 6.92 Å². The summed E-state index contributed by atoms with van der Waals surface area (Å²) in [5, 5.41) is 16.0. The minimum atomic E-state index is 0.00388. The predicted molar refractivity (Wildman–Crippen MR) is 59.7 cm³/mol. The molecule has 0 aliphatic carbocycles. The Kier molecular flexibility index (Phi) is 2.83. The molecule has 0 amide bonds. The summed E-state index contributed by atoms with van der Waals surface area (Å²) >= 11 is 1.47. The zero-order valence-electron chi connectivity index (χ0n) is 8.77. The Bertz CT molecular complexity index is 461. The maximum absolute atomic E-state index is 8.96. The molecule has 0 spiro atoms. The molecule has 80 valence electrons. The monoisotopic (exact) mass is 223 g/mol. The van der Waals surface area contributed by atoms with Crippen LogP contribution >= 0.6 is 11.3 Å². The van der Waals surface area contributed by atoms with Crippen molar-refractivity contribution >= 4 is 11.3 Å². The lowest BCUT2D eigenvalue weighted by Gasteiger charge is -2.00. The molecule has 2 heterocycles. The second-order valence-electron chi connectivity index (χ2n) is 3.27. The molecule has 0 radical (unpaired) electrons. The van der Waals surface area contributed by atoms with Crippen LogP contribution in [-0.2, 0) is 13.2 Å². The number of aryl methyl sites for hydroxylation is 2. The van der Waals surface area contributed by atoms with Gasteiger partial charge in [-0.1, -0.05) is 0 Å². The lowest BCUT2D eigenvalue weighted by molar-refractivity contribution is 0.281. The van der Waals surface area contributed by atoms with Crippen molar-refractivity contribution in [3.8, 4) is 11.4 Å². The van der Waals surface area contributed by atoms with Crippen LogP contribution in [-0.4, -0.2) is 19.9 Å². The van der Waals surface area contributed by atoms with Crippen molar-refractivity contribution in [2.75, 3.05) is 0 Å². The van der Waals surface area contributed by atoms with Gasteiger partial charge in [-0.2, -0.15) is 5.10 Å². The van der Waals surface area contributed by atoms with Gasteiger partial charge in [0.2, 0.25) is 0 Å². The summed E-state index contributed by atoms with van der Waals surface area (Å²) in [4.78, 5) is 4.33. The standard InChI is InChI=1S/C10H13N3OS/c1-3-13-9(4-7(2)12-13)8-6-15-10(5-14)11-8/h4,6,14H,3,5H2,1-2H3. The Hall–Kier alpha value is -1.20. The summed E-state index contributed by atoms with van der Waals surface area (Å²) in [7, 11) is 0. The zero-order chi connectivity index (χ0) is 10.8. The van der Waals surface area contributed by atoms with Gasteiger partial charge in [0, 0.05) is 11.9 Å². The highest BCUT2D eigenvalue weighted by Gasteiger charge is 2.10. The number of aromatic nitrogens is 3. The normalized spacial score (nSPS) is 10.9. The van der Waals surface area contributed by atoms with Gasteiger partial charge in [-0.15, -0.1) is 11.3 Å². The number of rotatable bonds is 3. The van der Waals surface area contributed by atoms with E-state index in [0.29, 0.717) is 0 Å². The second kappa shape index (κ2) is 4.12. The molecule has 0 aliphatic rings. The SMILES string of the molecule is CCn1nc(C)cc1-c1csc(CO)n1. The number of nitrogens with zero attached hydrogens (tertiary/aromatic N) is 3. The molecule has 2 aromatic rings. The Morgan fingerprint density at radius 1 is 1.53 bits per heavy atom. The highest BCUT2D eigenvalue weighted by atomic mass is 32.1. The van der Waals surface area contributed by atoms with Crippen LogP contribution < -0.4 is 0 Å². The van der Waals surface area contributed by atoms with Crippen molar-refractivity contribution in [2.45, 2.75) is 27.0 Å². The van der Waals surface area contributed by atoms with Crippen molar-refractivity contribution in [1.29, 1.82) is 0 Å². The molecule has 0 aromatic carbocycles. The van der Waals surface area contributed by atoms with Crippen LogP contribution in [0.5, 0.6) is 0 Å². The fourth-order valence-electron chi connectivity index (χ4n) is 1.49. The summed E-state index contributed by atoms with van der Waals surface area (Å²) in [6.45, 7) is 4.85. The molecule has 0 aliphatic heterocycles. The van der Waals surface area contributed by atoms with E-state index in [9.17, 15) is 0 Å². The van der Waals surface area contributed by atoms with Crippen molar-refractivity contribution < 1.29 is 5.11 Å². The van der Waals surface area contributed by atoms with Crippen molar-refractivity contribution in [3.63, 3.8) is 0 Å². The second-order valence-corrected chi connectivity index (χ2v) is 4.21. The summed E-state index contributed by atoms with van der Waals surface area (Å²) < 4.78 is 1.92. The minimum Gasteiger partial charge on any atom is -0.389 e. The van der Waals surface area contributed by atoms with E-state index in [1.54, 1.807) is 0 Å². The Balaban J connectivity index is 2.43. The van der Waals surface area contributed by atoms with Gasteiger partial charge in [-0.05, 0) is 19.9 Å². The third-order valence-corrected chi connectivity index (χ3v) is 2.98. The molecule has 2 rings (SSSR count). The van der Waals surface area contributed by atoms with Crippen molar-refractivity contribution in [1.82, 2.24) is 14.8 Å².